The van der Waals surface area contributed by atoms with Crippen molar-refractivity contribution in [3.05, 3.63) is 0 Å². The van der Waals surface area contributed by atoms with E-state index in [0.29, 0.717) is 12.3 Å². The van der Waals surface area contributed by atoms with Gasteiger partial charge in [0.1, 0.15) is 0 Å². The van der Waals surface area contributed by atoms with Crippen LogP contribution in [0.25, 0.3) is 0 Å². The fourth-order valence-corrected chi connectivity index (χ4v) is 1.74. The molecule has 4 N–H and O–H groups in total. The van der Waals surface area contributed by atoms with Crippen molar-refractivity contribution in [2.75, 3.05) is 0 Å². The van der Waals surface area contributed by atoms with Crippen molar-refractivity contribution in [3.8, 4) is 0 Å². The molecule has 1 fully saturated rings. The molecule has 6 heteroatoms. The first-order chi connectivity index (χ1) is 6.33. The molecule has 0 spiro atoms. The average Bonchev–Trinajstić information content (AvgIpc) is 1.98. The summed E-state index contributed by atoms with van der Waals surface area (Å²) in [6, 6.07) is -0.548. The lowest BCUT2D eigenvalue weighted by molar-refractivity contribution is -0.124. The SMILES string of the molecule is CC(C)C[C@@H]1NC(=O)[C@H](C)N[B-]1(O)O.[H+]. The lowest BCUT2D eigenvalue weighted by Crippen LogP contribution is -2.75. The van der Waals surface area contributed by atoms with Crippen LogP contribution in [0, 0.1) is 5.92 Å². The second-order valence-corrected chi connectivity index (χ2v) is 4.47. The zero-order valence-electron chi connectivity index (χ0n) is 9.82. The van der Waals surface area contributed by atoms with Crippen molar-refractivity contribution < 1.29 is 16.3 Å². The van der Waals surface area contributed by atoms with Crippen molar-refractivity contribution in [2.45, 2.75) is 39.2 Å². The summed E-state index contributed by atoms with van der Waals surface area (Å²) in [5.74, 6) is -0.467. The summed E-state index contributed by atoms with van der Waals surface area (Å²) >= 11 is 0. The van der Waals surface area contributed by atoms with Crippen LogP contribution in [-0.4, -0.2) is 34.6 Å². The van der Waals surface area contributed by atoms with E-state index in [0.717, 1.165) is 0 Å². The number of nitrogens with one attached hydrogen (secondary N) is 2. The minimum atomic E-state index is -2.66. The second-order valence-electron chi connectivity index (χ2n) is 4.47. The van der Waals surface area contributed by atoms with Crippen molar-refractivity contribution in [1.29, 1.82) is 0 Å². The Morgan fingerprint density at radius 2 is 2.14 bits per heavy atom. The zero-order chi connectivity index (χ0) is 10.9. The molecule has 0 aromatic rings. The van der Waals surface area contributed by atoms with Crippen LogP contribution in [0.2, 0.25) is 0 Å². The molecule has 1 amide bonds. The largest absolute Gasteiger partial charge is 1.00 e. The summed E-state index contributed by atoms with van der Waals surface area (Å²) in [5, 5.41) is 24.5. The van der Waals surface area contributed by atoms with Gasteiger partial charge in [0.05, 0.1) is 6.04 Å². The van der Waals surface area contributed by atoms with E-state index in [1.807, 2.05) is 13.8 Å². The van der Waals surface area contributed by atoms with Crippen LogP contribution in [0.5, 0.6) is 0 Å². The lowest BCUT2D eigenvalue weighted by Gasteiger charge is -2.46. The number of carbonyl (C=O) groups excluding carboxylic acids is 1. The number of rotatable bonds is 2. The van der Waals surface area contributed by atoms with Gasteiger partial charge in [-0.05, 0) is 18.8 Å². The van der Waals surface area contributed by atoms with Gasteiger partial charge in [-0.3, -0.25) is 4.79 Å². The van der Waals surface area contributed by atoms with Crippen LogP contribution >= 0.6 is 0 Å². The Labute approximate surface area is 85.4 Å². The van der Waals surface area contributed by atoms with Gasteiger partial charge >= 0.3 is 8.11 Å². The fourth-order valence-electron chi connectivity index (χ4n) is 1.74. The van der Waals surface area contributed by atoms with E-state index in [9.17, 15) is 14.8 Å². The molecular formula is C8H19BN2O3. The van der Waals surface area contributed by atoms with Gasteiger partial charge in [0.15, 0.2) is 0 Å². The maximum atomic E-state index is 11.3. The predicted molar refractivity (Wildman–Crippen MR) is 55.3 cm³/mol. The van der Waals surface area contributed by atoms with Crippen LogP contribution < -0.4 is 10.5 Å². The molecule has 0 radical (unpaired) electrons. The third-order valence-corrected chi connectivity index (χ3v) is 2.50. The number of hydrogen-bond donors (Lipinski definition) is 4. The van der Waals surface area contributed by atoms with Crippen LogP contribution in [0.4, 0.5) is 0 Å². The van der Waals surface area contributed by atoms with Gasteiger partial charge < -0.3 is 20.6 Å². The molecule has 0 aliphatic carbocycles. The van der Waals surface area contributed by atoms with Gasteiger partial charge in [-0.2, -0.15) is 0 Å². The number of hydrogen-bond acceptors (Lipinski definition) is 4. The first kappa shape index (κ1) is 11.5. The Bertz CT molecular complexity index is 238. The monoisotopic (exact) mass is 202 g/mol. The summed E-state index contributed by atoms with van der Waals surface area (Å²) in [6.45, 7) is 2.88. The van der Waals surface area contributed by atoms with E-state index in [1.54, 1.807) is 6.92 Å². The Morgan fingerprint density at radius 3 is 2.64 bits per heavy atom. The van der Waals surface area contributed by atoms with Gasteiger partial charge in [-0.25, -0.2) is 0 Å². The van der Waals surface area contributed by atoms with Crippen molar-refractivity contribution >= 4 is 12.6 Å². The van der Waals surface area contributed by atoms with Gasteiger partial charge in [0.2, 0.25) is 5.91 Å². The Balaban J connectivity index is 0.00000196. The minimum Gasteiger partial charge on any atom is -0.569 e. The standard InChI is InChI=1S/C8H18BN2O3/c1-5(2)4-7-9(13,14)11-6(3)8(12)10-7/h5-7,11,13-14H,4H2,1-3H3,(H,10,12)/q-1/p+1/t6-,7-/m0/s1. The molecule has 1 rings (SSSR count). The second kappa shape index (κ2) is 3.88. The maximum Gasteiger partial charge on any atom is 1.00 e. The topological polar surface area (TPSA) is 81.6 Å². The minimum absolute atomic E-state index is 0. The first-order valence-electron chi connectivity index (χ1n) is 5.01. The molecule has 5 nitrogen and oxygen atoms in total. The van der Waals surface area contributed by atoms with Gasteiger partial charge in [-0.15, -0.1) is 0 Å². The molecule has 1 aliphatic heterocycles. The van der Waals surface area contributed by atoms with Crippen molar-refractivity contribution in [1.82, 2.24) is 10.5 Å². The van der Waals surface area contributed by atoms with Crippen LogP contribution in [0.15, 0.2) is 0 Å². The van der Waals surface area contributed by atoms with Crippen LogP contribution in [0.3, 0.4) is 0 Å². The van der Waals surface area contributed by atoms with E-state index >= 15 is 0 Å². The highest BCUT2D eigenvalue weighted by Crippen LogP contribution is 2.14. The highest BCUT2D eigenvalue weighted by molar-refractivity contribution is 6.65. The Morgan fingerprint density at radius 1 is 1.57 bits per heavy atom. The fraction of sp³-hybridized carbons (Fsp3) is 0.875. The van der Waals surface area contributed by atoms with E-state index < -0.39 is 18.7 Å². The van der Waals surface area contributed by atoms with E-state index in [4.69, 9.17) is 0 Å². The molecule has 0 bridgehead atoms. The number of carbonyl (C=O) groups is 1. The quantitative estimate of drug-likeness (QED) is 0.437. The molecular weight excluding hydrogens is 183 g/mol. The van der Waals surface area contributed by atoms with Gasteiger partial charge in [0, 0.05) is 0 Å². The summed E-state index contributed by atoms with van der Waals surface area (Å²) in [7, 11) is 0. The van der Waals surface area contributed by atoms with Gasteiger partial charge in [-0.1, -0.05) is 20.3 Å². The summed E-state index contributed by atoms with van der Waals surface area (Å²) in [5.41, 5.74) is 0. The third-order valence-electron chi connectivity index (χ3n) is 2.50. The molecule has 14 heavy (non-hydrogen) atoms. The number of amides is 1. The normalized spacial score (nSPS) is 31.7. The molecule has 1 heterocycles. The summed E-state index contributed by atoms with van der Waals surface area (Å²) < 4.78 is 0. The molecule has 0 unspecified atom stereocenters. The van der Waals surface area contributed by atoms with E-state index in [-0.39, 0.29) is 7.33 Å². The molecule has 1 saturated heterocycles. The van der Waals surface area contributed by atoms with Crippen LogP contribution in [0.1, 0.15) is 28.6 Å². The third kappa shape index (κ3) is 2.46. The molecule has 0 saturated carbocycles. The van der Waals surface area contributed by atoms with Gasteiger partial charge in [0.25, 0.3) is 0 Å². The van der Waals surface area contributed by atoms with Crippen molar-refractivity contribution in [2.24, 2.45) is 5.92 Å². The van der Waals surface area contributed by atoms with Crippen molar-refractivity contribution in [3.63, 3.8) is 0 Å². The predicted octanol–water partition coefficient (Wildman–Crippen LogP) is -0.916. The highest BCUT2D eigenvalue weighted by Gasteiger charge is 2.38. The molecule has 1 aliphatic rings. The summed E-state index contributed by atoms with van der Waals surface area (Å²) in [4.78, 5) is 11.3. The molecule has 0 aromatic carbocycles. The first-order valence-corrected chi connectivity index (χ1v) is 5.01. The molecule has 82 valence electrons. The smallest absolute Gasteiger partial charge is 0.569 e. The zero-order valence-corrected chi connectivity index (χ0v) is 8.82. The Hall–Kier alpha value is -0.585. The molecule has 2 atom stereocenters. The van der Waals surface area contributed by atoms with Crippen LogP contribution in [-0.2, 0) is 4.79 Å². The molecule has 0 aromatic heterocycles. The summed E-state index contributed by atoms with van der Waals surface area (Å²) in [6.07, 6.45) is 0.554. The maximum absolute atomic E-state index is 11.3. The highest BCUT2D eigenvalue weighted by atomic mass is 16.4. The Kier molecular flexibility index (Phi) is 3.19. The van der Waals surface area contributed by atoms with E-state index in [2.05, 4.69) is 10.5 Å². The average molecular weight is 202 g/mol. The van der Waals surface area contributed by atoms with E-state index in [1.165, 1.54) is 0 Å². The lowest BCUT2D eigenvalue weighted by atomic mass is 9.59.